The Bertz CT molecular complexity index is 380. The number of ether oxygens (including phenoxy) is 2. The van der Waals surface area contributed by atoms with Gasteiger partial charge in [-0.3, -0.25) is 0 Å². The Labute approximate surface area is 108 Å². The molecule has 0 radical (unpaired) electrons. The SMILES string of the molecule is CCCOCCOc1cc(C)c(F)cc1C(C)N. The van der Waals surface area contributed by atoms with E-state index in [-0.39, 0.29) is 11.9 Å². The zero-order valence-corrected chi connectivity index (χ0v) is 11.3. The quantitative estimate of drug-likeness (QED) is 0.762. The van der Waals surface area contributed by atoms with Crippen LogP contribution in [0, 0.1) is 12.7 Å². The van der Waals surface area contributed by atoms with Crippen LogP contribution in [0.1, 0.15) is 37.4 Å². The van der Waals surface area contributed by atoms with E-state index in [1.54, 1.807) is 13.0 Å². The average molecular weight is 255 g/mol. The summed E-state index contributed by atoms with van der Waals surface area (Å²) < 4.78 is 24.4. The number of hydrogen-bond acceptors (Lipinski definition) is 3. The molecule has 1 atom stereocenters. The summed E-state index contributed by atoms with van der Waals surface area (Å²) in [7, 11) is 0. The standard InChI is InChI=1S/C14H22FNO2/c1-4-5-17-6-7-18-14-8-10(2)13(15)9-12(14)11(3)16/h8-9,11H,4-7,16H2,1-3H3. The van der Waals surface area contributed by atoms with Crippen molar-refractivity contribution < 1.29 is 13.9 Å². The molecule has 2 N–H and O–H groups in total. The van der Waals surface area contributed by atoms with Crippen molar-refractivity contribution in [2.45, 2.75) is 33.2 Å². The molecular weight excluding hydrogens is 233 g/mol. The van der Waals surface area contributed by atoms with Crippen LogP contribution in [0.5, 0.6) is 5.75 Å². The molecule has 0 aliphatic rings. The van der Waals surface area contributed by atoms with E-state index >= 15 is 0 Å². The Morgan fingerprint density at radius 2 is 2.00 bits per heavy atom. The Morgan fingerprint density at radius 3 is 2.61 bits per heavy atom. The van der Waals surface area contributed by atoms with Crippen LogP contribution < -0.4 is 10.5 Å². The zero-order chi connectivity index (χ0) is 13.5. The van der Waals surface area contributed by atoms with Crippen molar-refractivity contribution in [3.63, 3.8) is 0 Å². The molecule has 1 unspecified atom stereocenters. The fraction of sp³-hybridized carbons (Fsp3) is 0.571. The molecule has 0 aromatic heterocycles. The molecular formula is C14H22FNO2. The molecule has 3 nitrogen and oxygen atoms in total. The van der Waals surface area contributed by atoms with E-state index in [2.05, 4.69) is 6.92 Å². The largest absolute Gasteiger partial charge is 0.491 e. The van der Waals surface area contributed by atoms with E-state index in [0.29, 0.717) is 30.1 Å². The van der Waals surface area contributed by atoms with Gasteiger partial charge in [0.25, 0.3) is 0 Å². The van der Waals surface area contributed by atoms with Gasteiger partial charge in [-0.05, 0) is 38.0 Å². The maximum atomic E-state index is 13.5. The lowest BCUT2D eigenvalue weighted by molar-refractivity contribution is 0.100. The van der Waals surface area contributed by atoms with Gasteiger partial charge in [0.15, 0.2) is 0 Å². The molecule has 0 amide bonds. The highest BCUT2D eigenvalue weighted by Crippen LogP contribution is 2.27. The van der Waals surface area contributed by atoms with Crippen molar-refractivity contribution in [1.29, 1.82) is 0 Å². The Hall–Kier alpha value is -1.13. The van der Waals surface area contributed by atoms with Gasteiger partial charge in [0.1, 0.15) is 18.2 Å². The zero-order valence-electron chi connectivity index (χ0n) is 11.3. The van der Waals surface area contributed by atoms with E-state index < -0.39 is 0 Å². The molecule has 1 aromatic carbocycles. The molecule has 0 saturated carbocycles. The minimum atomic E-state index is -0.258. The van der Waals surface area contributed by atoms with Gasteiger partial charge >= 0.3 is 0 Å². The second-order valence-corrected chi connectivity index (χ2v) is 4.39. The Balaban J connectivity index is 2.65. The van der Waals surface area contributed by atoms with Gasteiger partial charge in [0.05, 0.1) is 6.61 Å². The number of nitrogens with two attached hydrogens (primary N) is 1. The summed E-state index contributed by atoms with van der Waals surface area (Å²) in [5, 5.41) is 0. The van der Waals surface area contributed by atoms with Gasteiger partial charge in [-0.15, -0.1) is 0 Å². The first-order valence-electron chi connectivity index (χ1n) is 6.32. The van der Waals surface area contributed by atoms with Gasteiger partial charge < -0.3 is 15.2 Å². The highest BCUT2D eigenvalue weighted by molar-refractivity contribution is 5.39. The van der Waals surface area contributed by atoms with Crippen LogP contribution >= 0.6 is 0 Å². The summed E-state index contributed by atoms with van der Waals surface area (Å²) >= 11 is 0. The number of halogens is 1. The first-order valence-corrected chi connectivity index (χ1v) is 6.32. The normalized spacial score (nSPS) is 12.5. The summed E-state index contributed by atoms with van der Waals surface area (Å²) in [6.45, 7) is 7.28. The van der Waals surface area contributed by atoms with Gasteiger partial charge in [0, 0.05) is 18.2 Å². The van der Waals surface area contributed by atoms with Crippen molar-refractivity contribution >= 4 is 0 Å². The van der Waals surface area contributed by atoms with Crippen LogP contribution in [-0.2, 0) is 4.74 Å². The Kier molecular flexibility index (Phi) is 6.09. The smallest absolute Gasteiger partial charge is 0.126 e. The molecule has 0 heterocycles. The fourth-order valence-corrected chi connectivity index (χ4v) is 1.61. The molecule has 0 bridgehead atoms. The van der Waals surface area contributed by atoms with Crippen LogP contribution in [-0.4, -0.2) is 19.8 Å². The predicted molar refractivity (Wildman–Crippen MR) is 70.3 cm³/mol. The van der Waals surface area contributed by atoms with Crippen molar-refractivity contribution in [2.75, 3.05) is 19.8 Å². The minimum Gasteiger partial charge on any atom is -0.491 e. The van der Waals surface area contributed by atoms with E-state index in [1.165, 1.54) is 6.07 Å². The van der Waals surface area contributed by atoms with Crippen LogP contribution in [0.4, 0.5) is 4.39 Å². The van der Waals surface area contributed by atoms with Crippen molar-refractivity contribution in [3.05, 3.63) is 29.1 Å². The monoisotopic (exact) mass is 255 g/mol. The third kappa shape index (κ3) is 4.27. The molecule has 18 heavy (non-hydrogen) atoms. The second-order valence-electron chi connectivity index (χ2n) is 4.39. The molecule has 0 aliphatic carbocycles. The minimum absolute atomic E-state index is 0.253. The summed E-state index contributed by atoms with van der Waals surface area (Å²) in [6, 6.07) is 2.88. The fourth-order valence-electron chi connectivity index (χ4n) is 1.61. The number of aryl methyl sites for hydroxylation is 1. The first kappa shape index (κ1) is 14.9. The van der Waals surface area contributed by atoms with Crippen molar-refractivity contribution in [2.24, 2.45) is 5.73 Å². The molecule has 1 aromatic rings. The first-order chi connectivity index (χ1) is 8.56. The lowest BCUT2D eigenvalue weighted by Crippen LogP contribution is -2.12. The van der Waals surface area contributed by atoms with Gasteiger partial charge in [0.2, 0.25) is 0 Å². The van der Waals surface area contributed by atoms with E-state index in [4.69, 9.17) is 15.2 Å². The van der Waals surface area contributed by atoms with E-state index in [9.17, 15) is 4.39 Å². The Morgan fingerprint density at radius 1 is 1.28 bits per heavy atom. The third-order valence-electron chi connectivity index (χ3n) is 2.62. The molecule has 0 saturated heterocycles. The number of hydrogen-bond donors (Lipinski definition) is 1. The molecule has 0 fully saturated rings. The second kappa shape index (κ2) is 7.34. The highest BCUT2D eigenvalue weighted by Gasteiger charge is 2.12. The van der Waals surface area contributed by atoms with Gasteiger partial charge in [-0.25, -0.2) is 4.39 Å². The maximum absolute atomic E-state index is 13.5. The summed E-state index contributed by atoms with van der Waals surface area (Å²) in [4.78, 5) is 0. The summed E-state index contributed by atoms with van der Waals surface area (Å²) in [5.74, 6) is 0.390. The lowest BCUT2D eigenvalue weighted by Gasteiger charge is -2.15. The van der Waals surface area contributed by atoms with Crippen LogP contribution in [0.25, 0.3) is 0 Å². The molecule has 0 spiro atoms. The third-order valence-corrected chi connectivity index (χ3v) is 2.62. The van der Waals surface area contributed by atoms with Crippen LogP contribution in [0.3, 0.4) is 0 Å². The molecule has 1 rings (SSSR count). The highest BCUT2D eigenvalue weighted by atomic mass is 19.1. The van der Waals surface area contributed by atoms with Gasteiger partial charge in [-0.1, -0.05) is 6.92 Å². The van der Waals surface area contributed by atoms with Crippen molar-refractivity contribution in [1.82, 2.24) is 0 Å². The topological polar surface area (TPSA) is 44.5 Å². The van der Waals surface area contributed by atoms with Crippen LogP contribution in [0.2, 0.25) is 0 Å². The summed E-state index contributed by atoms with van der Waals surface area (Å²) in [6.07, 6.45) is 0.987. The van der Waals surface area contributed by atoms with Gasteiger partial charge in [-0.2, -0.15) is 0 Å². The predicted octanol–water partition coefficient (Wildman–Crippen LogP) is 2.96. The lowest BCUT2D eigenvalue weighted by atomic mass is 10.1. The van der Waals surface area contributed by atoms with Crippen molar-refractivity contribution in [3.8, 4) is 5.75 Å². The van der Waals surface area contributed by atoms with E-state index in [0.717, 1.165) is 13.0 Å². The van der Waals surface area contributed by atoms with E-state index in [1.807, 2.05) is 6.92 Å². The summed E-state index contributed by atoms with van der Waals surface area (Å²) in [5.41, 5.74) is 7.06. The number of rotatable bonds is 7. The molecule has 102 valence electrons. The molecule has 4 heteroatoms. The van der Waals surface area contributed by atoms with Crippen LogP contribution in [0.15, 0.2) is 12.1 Å². The maximum Gasteiger partial charge on any atom is 0.126 e. The average Bonchev–Trinajstić information content (AvgIpc) is 2.32. The molecule has 0 aliphatic heterocycles. The number of benzene rings is 1.